The quantitative estimate of drug-likeness (QED) is 0.140. The lowest BCUT2D eigenvalue weighted by Gasteiger charge is -2.19. The average molecular weight is 579 g/mol. The van der Waals surface area contributed by atoms with E-state index in [1.54, 1.807) is 17.4 Å². The third kappa shape index (κ3) is 5.67. The van der Waals surface area contributed by atoms with Crippen LogP contribution in [0.4, 0.5) is 4.79 Å². The predicted octanol–water partition coefficient (Wildman–Crippen LogP) is 8.70. The summed E-state index contributed by atoms with van der Waals surface area (Å²) in [6.45, 7) is 10.5. The highest BCUT2D eigenvalue weighted by atomic mass is 32.1. The largest absolute Gasteiger partial charge is 0.514 e. The van der Waals surface area contributed by atoms with Gasteiger partial charge in [0.2, 0.25) is 0 Å². The van der Waals surface area contributed by atoms with Crippen LogP contribution in [0.2, 0.25) is 0 Å². The normalized spacial score (nSPS) is 11.8. The first-order chi connectivity index (χ1) is 20.2. The Bertz CT molecular complexity index is 1860. The summed E-state index contributed by atoms with van der Waals surface area (Å²) in [6, 6.07) is 20.3. The van der Waals surface area contributed by atoms with Crippen LogP contribution in [0, 0.1) is 6.92 Å². The Kier molecular flexibility index (Phi) is 7.33. The maximum Gasteiger partial charge on any atom is 0.514 e. The molecule has 0 saturated heterocycles. The molecule has 0 saturated carbocycles. The number of carbonyl (C=O) groups excluding carboxylic acids is 1. The maximum atomic E-state index is 12.3. The molecule has 0 radical (unpaired) electrons. The zero-order chi connectivity index (χ0) is 29.4. The summed E-state index contributed by atoms with van der Waals surface area (Å²) < 4.78 is 15.3. The van der Waals surface area contributed by atoms with Crippen molar-refractivity contribution in [3.05, 3.63) is 95.4 Å². The van der Waals surface area contributed by atoms with Gasteiger partial charge in [0, 0.05) is 41.9 Å². The number of nitrogens with zero attached hydrogens (tertiary/aromatic N) is 4. The van der Waals surface area contributed by atoms with E-state index >= 15 is 0 Å². The number of rotatable bonds is 7. The van der Waals surface area contributed by atoms with Gasteiger partial charge in [0.05, 0.1) is 16.7 Å². The van der Waals surface area contributed by atoms with Crippen molar-refractivity contribution >= 4 is 33.5 Å². The molecule has 0 amide bonds. The molecule has 7 nitrogen and oxygen atoms in total. The van der Waals surface area contributed by atoms with Crippen LogP contribution < -0.4 is 4.74 Å². The van der Waals surface area contributed by atoms with Gasteiger partial charge in [-0.1, -0.05) is 49.4 Å². The van der Waals surface area contributed by atoms with Crippen LogP contribution >= 0.6 is 11.3 Å². The van der Waals surface area contributed by atoms with Gasteiger partial charge < -0.3 is 14.0 Å². The van der Waals surface area contributed by atoms with Crippen molar-refractivity contribution in [2.75, 3.05) is 0 Å². The van der Waals surface area contributed by atoms with Crippen LogP contribution in [-0.4, -0.2) is 30.7 Å². The van der Waals surface area contributed by atoms with E-state index < -0.39 is 11.8 Å². The van der Waals surface area contributed by atoms with Crippen molar-refractivity contribution in [2.24, 2.45) is 0 Å². The molecule has 0 aliphatic heterocycles. The highest BCUT2D eigenvalue weighted by Gasteiger charge is 2.20. The van der Waals surface area contributed by atoms with Crippen LogP contribution in [0.25, 0.3) is 38.4 Å². The van der Waals surface area contributed by atoms with E-state index in [1.165, 1.54) is 0 Å². The monoisotopic (exact) mass is 578 g/mol. The summed E-state index contributed by atoms with van der Waals surface area (Å²) in [6.07, 6.45) is 5.32. The fourth-order valence-corrected chi connectivity index (χ4v) is 5.87. The first kappa shape index (κ1) is 27.7. The zero-order valence-electron chi connectivity index (χ0n) is 24.5. The van der Waals surface area contributed by atoms with E-state index in [9.17, 15) is 4.79 Å². The SMILES string of the molecule is CCCc1nc2c(C)cc(-c3cn4ccsc4n3)cc2n1Cc1ccc(-c2ccccc2OC(=O)OC(C)(C)C)cc1. The number of imidazole rings is 2. The van der Waals surface area contributed by atoms with Gasteiger partial charge in [0.15, 0.2) is 4.96 Å². The number of benzene rings is 3. The first-order valence-corrected chi connectivity index (χ1v) is 15.1. The molecule has 0 spiro atoms. The number of carbonyl (C=O) groups is 1. The average Bonchev–Trinajstić information content (AvgIpc) is 3.64. The molecule has 0 aliphatic carbocycles. The number of aryl methyl sites for hydroxylation is 2. The number of hydrogen-bond donors (Lipinski definition) is 0. The summed E-state index contributed by atoms with van der Waals surface area (Å²) >= 11 is 1.63. The van der Waals surface area contributed by atoms with Crippen LogP contribution in [0.1, 0.15) is 51.1 Å². The Morgan fingerprint density at radius 2 is 1.79 bits per heavy atom. The number of thiazole rings is 1. The van der Waals surface area contributed by atoms with Crippen molar-refractivity contribution in [2.45, 2.75) is 59.6 Å². The molecule has 3 heterocycles. The van der Waals surface area contributed by atoms with E-state index in [2.05, 4.69) is 65.4 Å². The number of hydrogen-bond acceptors (Lipinski definition) is 6. The Hall–Kier alpha value is -4.43. The number of para-hydroxylation sites is 1. The lowest BCUT2D eigenvalue weighted by molar-refractivity contribution is 0.0207. The van der Waals surface area contributed by atoms with E-state index in [-0.39, 0.29) is 0 Å². The third-order valence-corrected chi connectivity index (χ3v) is 7.83. The van der Waals surface area contributed by atoms with Crippen LogP contribution in [0.5, 0.6) is 5.75 Å². The molecule has 6 aromatic rings. The Labute approximate surface area is 249 Å². The first-order valence-electron chi connectivity index (χ1n) is 14.2. The number of aromatic nitrogens is 4. The molecule has 42 heavy (non-hydrogen) atoms. The van der Waals surface area contributed by atoms with Gasteiger partial charge in [-0.3, -0.25) is 4.40 Å². The van der Waals surface area contributed by atoms with Crippen molar-refractivity contribution in [1.82, 2.24) is 18.9 Å². The van der Waals surface area contributed by atoms with Gasteiger partial charge >= 0.3 is 6.16 Å². The number of fused-ring (bicyclic) bond motifs is 2. The van der Waals surface area contributed by atoms with E-state index in [0.717, 1.165) is 68.2 Å². The lowest BCUT2D eigenvalue weighted by Crippen LogP contribution is -2.26. The molecule has 0 atom stereocenters. The summed E-state index contributed by atoms with van der Waals surface area (Å²) in [4.78, 5) is 23.3. The molecule has 0 N–H and O–H groups in total. The van der Waals surface area contributed by atoms with Gasteiger partial charge in [-0.25, -0.2) is 14.8 Å². The van der Waals surface area contributed by atoms with Gasteiger partial charge in [-0.2, -0.15) is 0 Å². The molecule has 8 heteroatoms. The second kappa shape index (κ2) is 11.1. The highest BCUT2D eigenvalue weighted by molar-refractivity contribution is 7.15. The second-order valence-corrected chi connectivity index (χ2v) is 12.4. The molecule has 0 fully saturated rings. The predicted molar refractivity (Wildman–Crippen MR) is 168 cm³/mol. The summed E-state index contributed by atoms with van der Waals surface area (Å²) in [5.74, 6) is 1.55. The zero-order valence-corrected chi connectivity index (χ0v) is 25.4. The Morgan fingerprint density at radius 3 is 2.52 bits per heavy atom. The molecule has 0 bridgehead atoms. The maximum absolute atomic E-state index is 12.3. The van der Waals surface area contributed by atoms with Gasteiger partial charge in [-0.15, -0.1) is 11.3 Å². The van der Waals surface area contributed by atoms with Crippen molar-refractivity contribution in [1.29, 1.82) is 0 Å². The van der Waals surface area contributed by atoms with E-state index in [4.69, 9.17) is 19.4 Å². The minimum absolute atomic E-state index is 0.465. The Morgan fingerprint density at radius 1 is 1.00 bits per heavy atom. The van der Waals surface area contributed by atoms with Crippen LogP contribution in [-0.2, 0) is 17.7 Å². The van der Waals surface area contributed by atoms with Gasteiger partial charge in [0.25, 0.3) is 0 Å². The minimum Gasteiger partial charge on any atom is -0.428 e. The molecule has 6 rings (SSSR count). The standard InChI is InChI=1S/C34H34N4O3S/c1-6-9-30-36-31-22(2)18-25(27-21-37-16-17-42-32(37)35-27)19-28(31)38(30)20-23-12-14-24(15-13-23)26-10-7-8-11-29(26)40-33(39)41-34(3,4)5/h7-8,10-19,21H,6,9,20H2,1-5H3. The third-order valence-electron chi connectivity index (χ3n) is 7.06. The van der Waals surface area contributed by atoms with E-state index in [0.29, 0.717) is 12.3 Å². The van der Waals surface area contributed by atoms with Crippen molar-refractivity contribution < 1.29 is 14.3 Å². The highest BCUT2D eigenvalue weighted by Crippen LogP contribution is 2.32. The van der Waals surface area contributed by atoms with Crippen molar-refractivity contribution in [3.8, 4) is 28.1 Å². The lowest BCUT2D eigenvalue weighted by atomic mass is 10.0. The Balaban J connectivity index is 1.31. The molecule has 3 aromatic heterocycles. The smallest absolute Gasteiger partial charge is 0.428 e. The summed E-state index contributed by atoms with van der Waals surface area (Å²) in [5.41, 5.74) is 7.67. The van der Waals surface area contributed by atoms with E-state index in [1.807, 2.05) is 50.5 Å². The molecule has 214 valence electrons. The van der Waals surface area contributed by atoms with Crippen molar-refractivity contribution in [3.63, 3.8) is 0 Å². The fourth-order valence-electron chi connectivity index (χ4n) is 5.17. The molecule has 0 unspecified atom stereocenters. The molecule has 0 aliphatic rings. The fraction of sp³-hybridized carbons (Fsp3) is 0.265. The second-order valence-electron chi connectivity index (χ2n) is 11.5. The van der Waals surface area contributed by atoms with Crippen LogP contribution in [0.15, 0.2) is 78.4 Å². The molecular weight excluding hydrogens is 544 g/mol. The molecule has 3 aromatic carbocycles. The molecular formula is C34H34N4O3S. The topological polar surface area (TPSA) is 70.7 Å². The van der Waals surface area contributed by atoms with Gasteiger partial charge in [0.1, 0.15) is 17.2 Å². The number of ether oxygens (including phenoxy) is 2. The summed E-state index contributed by atoms with van der Waals surface area (Å²) in [7, 11) is 0. The minimum atomic E-state index is -0.716. The van der Waals surface area contributed by atoms with Crippen LogP contribution in [0.3, 0.4) is 0 Å². The summed E-state index contributed by atoms with van der Waals surface area (Å²) in [5, 5.41) is 2.05. The van der Waals surface area contributed by atoms with Gasteiger partial charge in [-0.05, 0) is 69.0 Å².